The summed E-state index contributed by atoms with van der Waals surface area (Å²) >= 11 is 0. The third-order valence-corrected chi connectivity index (χ3v) is 3.05. The number of pyridine rings is 1. The van der Waals surface area contributed by atoms with Crippen molar-refractivity contribution in [3.05, 3.63) is 48.4 Å². The quantitative estimate of drug-likeness (QED) is 0.607. The molecule has 5 heteroatoms. The second kappa shape index (κ2) is 4.13. The molecule has 2 heterocycles. The van der Waals surface area contributed by atoms with Crippen LogP contribution in [0.3, 0.4) is 0 Å². The summed E-state index contributed by atoms with van der Waals surface area (Å²) in [5, 5.41) is 0.911. The number of carbonyl (C=O) groups excluding carboxylic acids is 1. The molecule has 0 aliphatic carbocycles. The third-order valence-electron chi connectivity index (χ3n) is 3.05. The van der Waals surface area contributed by atoms with Crippen molar-refractivity contribution >= 4 is 22.5 Å². The van der Waals surface area contributed by atoms with Crippen molar-refractivity contribution in [1.82, 2.24) is 9.97 Å². The van der Waals surface area contributed by atoms with Gasteiger partial charge >= 0.3 is 0 Å². The molecule has 0 bridgehead atoms. The monoisotopic (exact) mass is 252 g/mol. The van der Waals surface area contributed by atoms with Gasteiger partial charge in [0, 0.05) is 22.8 Å². The Kier molecular flexibility index (Phi) is 2.45. The number of nitrogen functional groups attached to an aromatic ring is 1. The number of primary amides is 1. The van der Waals surface area contributed by atoms with E-state index in [1.807, 2.05) is 18.2 Å². The van der Waals surface area contributed by atoms with E-state index in [4.69, 9.17) is 11.5 Å². The lowest BCUT2D eigenvalue weighted by molar-refractivity contribution is 0.0997. The van der Waals surface area contributed by atoms with E-state index >= 15 is 0 Å². The molecule has 0 saturated carbocycles. The number of amides is 1. The summed E-state index contributed by atoms with van der Waals surface area (Å²) in [6.07, 6.45) is 3.35. The molecule has 0 atom stereocenters. The van der Waals surface area contributed by atoms with Crippen LogP contribution < -0.4 is 11.5 Å². The van der Waals surface area contributed by atoms with Crippen molar-refractivity contribution in [3.8, 4) is 11.1 Å². The standard InChI is InChI=1S/C14H12N4O/c15-9-3-1-8(2-4-9)12-10-5-6-17-7-11(10)18-13(12)14(16)19/h1-7,18H,15H2,(H2,16,19). The zero-order valence-corrected chi connectivity index (χ0v) is 10.1. The lowest BCUT2D eigenvalue weighted by Crippen LogP contribution is -2.12. The van der Waals surface area contributed by atoms with E-state index in [1.54, 1.807) is 24.5 Å². The number of carbonyl (C=O) groups is 1. The molecule has 0 aliphatic rings. The number of rotatable bonds is 2. The van der Waals surface area contributed by atoms with Crippen molar-refractivity contribution in [2.75, 3.05) is 5.73 Å². The van der Waals surface area contributed by atoms with Gasteiger partial charge in [0.25, 0.3) is 5.91 Å². The van der Waals surface area contributed by atoms with Crippen molar-refractivity contribution in [3.63, 3.8) is 0 Å². The minimum Gasteiger partial charge on any atom is -0.399 e. The van der Waals surface area contributed by atoms with Crippen LogP contribution in [-0.4, -0.2) is 15.9 Å². The minimum absolute atomic E-state index is 0.382. The number of nitrogens with one attached hydrogen (secondary N) is 1. The van der Waals surface area contributed by atoms with Crippen molar-refractivity contribution in [1.29, 1.82) is 0 Å². The summed E-state index contributed by atoms with van der Waals surface area (Å²) in [4.78, 5) is 18.6. The fourth-order valence-electron chi connectivity index (χ4n) is 2.18. The fraction of sp³-hybridized carbons (Fsp3) is 0. The molecular formula is C14H12N4O. The molecule has 0 spiro atoms. The Balaban J connectivity index is 2.34. The number of benzene rings is 1. The van der Waals surface area contributed by atoms with Crippen molar-refractivity contribution in [2.24, 2.45) is 5.73 Å². The number of H-pyrrole nitrogens is 1. The second-order valence-corrected chi connectivity index (χ2v) is 4.28. The summed E-state index contributed by atoms with van der Waals surface area (Å²) in [7, 11) is 0. The molecule has 0 unspecified atom stereocenters. The smallest absolute Gasteiger partial charge is 0.265 e. The number of aromatic nitrogens is 2. The molecule has 0 radical (unpaired) electrons. The molecule has 5 nitrogen and oxygen atoms in total. The molecule has 0 fully saturated rings. The first kappa shape index (κ1) is 11.3. The minimum atomic E-state index is -0.497. The Morgan fingerprint density at radius 2 is 1.89 bits per heavy atom. The van der Waals surface area contributed by atoms with Crippen LogP contribution >= 0.6 is 0 Å². The molecule has 5 N–H and O–H groups in total. The summed E-state index contributed by atoms with van der Waals surface area (Å²) in [6, 6.07) is 9.17. The first-order valence-electron chi connectivity index (χ1n) is 5.78. The number of nitrogens with two attached hydrogens (primary N) is 2. The first-order chi connectivity index (χ1) is 9.16. The number of fused-ring (bicyclic) bond motifs is 1. The highest BCUT2D eigenvalue weighted by Crippen LogP contribution is 2.32. The van der Waals surface area contributed by atoms with Crippen LogP contribution in [0.1, 0.15) is 10.5 Å². The maximum Gasteiger partial charge on any atom is 0.265 e. The molecule has 3 aromatic rings. The van der Waals surface area contributed by atoms with Gasteiger partial charge in [-0.3, -0.25) is 9.78 Å². The van der Waals surface area contributed by atoms with E-state index in [9.17, 15) is 4.79 Å². The van der Waals surface area contributed by atoms with Crippen molar-refractivity contribution in [2.45, 2.75) is 0 Å². The zero-order valence-electron chi connectivity index (χ0n) is 10.1. The Hall–Kier alpha value is -2.82. The first-order valence-corrected chi connectivity index (χ1v) is 5.78. The number of hydrogen-bond acceptors (Lipinski definition) is 3. The summed E-state index contributed by atoms with van der Waals surface area (Å²) in [6.45, 7) is 0. The Labute approximate surface area is 109 Å². The van der Waals surface area contributed by atoms with Gasteiger partial charge in [0.2, 0.25) is 0 Å². The maximum atomic E-state index is 11.6. The van der Waals surface area contributed by atoms with Crippen LogP contribution in [-0.2, 0) is 0 Å². The van der Waals surface area contributed by atoms with E-state index in [-0.39, 0.29) is 0 Å². The molecule has 19 heavy (non-hydrogen) atoms. The Morgan fingerprint density at radius 1 is 1.16 bits per heavy atom. The molecule has 94 valence electrons. The van der Waals surface area contributed by atoms with Gasteiger partial charge in [0.05, 0.1) is 11.7 Å². The van der Waals surface area contributed by atoms with Crippen LogP contribution in [0, 0.1) is 0 Å². The number of hydrogen-bond donors (Lipinski definition) is 3. The highest BCUT2D eigenvalue weighted by molar-refractivity contribution is 6.09. The molecular weight excluding hydrogens is 240 g/mol. The van der Waals surface area contributed by atoms with E-state index in [0.29, 0.717) is 11.4 Å². The Bertz CT molecular complexity index is 759. The highest BCUT2D eigenvalue weighted by atomic mass is 16.1. The summed E-state index contributed by atoms with van der Waals surface area (Å²) < 4.78 is 0. The molecule has 0 aliphatic heterocycles. The van der Waals surface area contributed by atoms with E-state index < -0.39 is 5.91 Å². The van der Waals surface area contributed by atoms with Gasteiger partial charge < -0.3 is 16.5 Å². The maximum absolute atomic E-state index is 11.6. The van der Waals surface area contributed by atoms with Gasteiger partial charge in [0.15, 0.2) is 0 Å². The number of nitrogens with zero attached hydrogens (tertiary/aromatic N) is 1. The second-order valence-electron chi connectivity index (χ2n) is 4.28. The zero-order chi connectivity index (χ0) is 13.4. The average molecular weight is 252 g/mol. The van der Waals surface area contributed by atoms with Gasteiger partial charge in [-0.1, -0.05) is 12.1 Å². The SMILES string of the molecule is NC(=O)c1[nH]c2cnccc2c1-c1ccc(N)cc1. The van der Waals surface area contributed by atoms with Crippen LogP contribution in [0.15, 0.2) is 42.7 Å². The van der Waals surface area contributed by atoms with E-state index in [0.717, 1.165) is 22.0 Å². The van der Waals surface area contributed by atoms with Crippen LogP contribution in [0.4, 0.5) is 5.69 Å². The lowest BCUT2D eigenvalue weighted by Gasteiger charge is -2.03. The number of aromatic amines is 1. The molecule has 0 saturated heterocycles. The highest BCUT2D eigenvalue weighted by Gasteiger charge is 2.16. The van der Waals surface area contributed by atoms with Crippen LogP contribution in [0.2, 0.25) is 0 Å². The molecule has 2 aromatic heterocycles. The topological polar surface area (TPSA) is 97.8 Å². The van der Waals surface area contributed by atoms with Crippen LogP contribution in [0.5, 0.6) is 0 Å². The summed E-state index contributed by atoms with van der Waals surface area (Å²) in [5.74, 6) is -0.497. The van der Waals surface area contributed by atoms with Gasteiger partial charge in [-0.15, -0.1) is 0 Å². The van der Waals surface area contributed by atoms with Crippen molar-refractivity contribution < 1.29 is 4.79 Å². The van der Waals surface area contributed by atoms with Gasteiger partial charge in [-0.25, -0.2) is 0 Å². The van der Waals surface area contributed by atoms with Crippen LogP contribution in [0.25, 0.3) is 22.0 Å². The largest absolute Gasteiger partial charge is 0.399 e. The Morgan fingerprint density at radius 3 is 2.58 bits per heavy atom. The predicted octanol–water partition coefficient (Wildman–Crippen LogP) is 1.91. The van der Waals surface area contributed by atoms with Gasteiger partial charge in [-0.05, 0) is 23.8 Å². The molecule has 1 amide bonds. The summed E-state index contributed by atoms with van der Waals surface area (Å²) in [5.41, 5.74) is 14.6. The normalized spacial score (nSPS) is 10.7. The van der Waals surface area contributed by atoms with E-state index in [2.05, 4.69) is 9.97 Å². The number of anilines is 1. The molecule has 1 aromatic carbocycles. The van der Waals surface area contributed by atoms with Gasteiger partial charge in [-0.2, -0.15) is 0 Å². The fourth-order valence-corrected chi connectivity index (χ4v) is 2.18. The molecule has 3 rings (SSSR count). The van der Waals surface area contributed by atoms with Gasteiger partial charge in [0.1, 0.15) is 5.69 Å². The average Bonchev–Trinajstić information content (AvgIpc) is 2.79. The lowest BCUT2D eigenvalue weighted by atomic mass is 10.0. The van der Waals surface area contributed by atoms with E-state index in [1.165, 1.54) is 0 Å². The third kappa shape index (κ3) is 1.81. The predicted molar refractivity (Wildman–Crippen MR) is 74.5 cm³/mol.